The first-order valence-corrected chi connectivity index (χ1v) is 10.7. The van der Waals surface area contributed by atoms with Crippen LogP contribution in [0.2, 0.25) is 0 Å². The molecule has 0 spiro atoms. The molecule has 1 aromatic rings. The number of nitrogens with zero attached hydrogens (tertiary/aromatic N) is 2. The van der Waals surface area contributed by atoms with Crippen LogP contribution >= 0.6 is 0 Å². The van der Waals surface area contributed by atoms with E-state index in [-0.39, 0.29) is 17.7 Å². The molecule has 0 bridgehead atoms. The third kappa shape index (κ3) is 3.41. The Morgan fingerprint density at radius 2 is 1.29 bits per heavy atom. The summed E-state index contributed by atoms with van der Waals surface area (Å²) in [5, 5.41) is 0. The summed E-state index contributed by atoms with van der Waals surface area (Å²) >= 11 is 0. The molecular formula is C24H30N2O2. The van der Waals surface area contributed by atoms with Gasteiger partial charge in [0.2, 0.25) is 11.8 Å². The van der Waals surface area contributed by atoms with Gasteiger partial charge in [0, 0.05) is 32.1 Å². The monoisotopic (exact) mass is 378 g/mol. The average molecular weight is 379 g/mol. The van der Waals surface area contributed by atoms with Crippen LogP contribution in [-0.2, 0) is 9.59 Å². The van der Waals surface area contributed by atoms with Crippen molar-refractivity contribution in [2.24, 2.45) is 5.41 Å². The average Bonchev–Trinajstić information content (AvgIpc) is 2.79. The molecule has 2 aliphatic heterocycles. The Hall–Kier alpha value is -2.36. The van der Waals surface area contributed by atoms with Gasteiger partial charge < -0.3 is 9.80 Å². The molecule has 28 heavy (non-hydrogen) atoms. The van der Waals surface area contributed by atoms with Crippen molar-refractivity contribution in [2.45, 2.75) is 44.4 Å². The maximum atomic E-state index is 13.9. The molecule has 4 heteroatoms. The molecule has 2 heterocycles. The van der Waals surface area contributed by atoms with Gasteiger partial charge >= 0.3 is 0 Å². The van der Waals surface area contributed by atoms with Crippen molar-refractivity contribution >= 4 is 11.8 Å². The largest absolute Gasteiger partial charge is 0.341 e. The summed E-state index contributed by atoms with van der Waals surface area (Å²) in [7, 11) is 0. The Bertz CT molecular complexity index is 726. The van der Waals surface area contributed by atoms with Crippen LogP contribution in [0.4, 0.5) is 0 Å². The summed E-state index contributed by atoms with van der Waals surface area (Å²) in [5.74, 6) is -0.294. The minimum absolute atomic E-state index is 0.0165. The zero-order valence-corrected chi connectivity index (χ0v) is 16.6. The quantitative estimate of drug-likeness (QED) is 0.748. The van der Waals surface area contributed by atoms with Crippen LogP contribution in [0.5, 0.6) is 0 Å². The molecule has 0 aromatic heterocycles. The van der Waals surface area contributed by atoms with Crippen molar-refractivity contribution in [2.75, 3.05) is 26.2 Å². The van der Waals surface area contributed by atoms with E-state index in [0.717, 1.165) is 70.3 Å². The van der Waals surface area contributed by atoms with Gasteiger partial charge in [-0.15, -0.1) is 0 Å². The molecule has 4 nitrogen and oxygen atoms in total. The summed E-state index contributed by atoms with van der Waals surface area (Å²) in [6.07, 6.45) is 14.2. The molecule has 2 saturated heterocycles. The van der Waals surface area contributed by atoms with Crippen LogP contribution in [0, 0.1) is 5.41 Å². The van der Waals surface area contributed by atoms with Crippen molar-refractivity contribution in [1.29, 1.82) is 0 Å². The number of amides is 2. The highest BCUT2D eigenvalue weighted by atomic mass is 16.2. The Balaban J connectivity index is 1.77. The van der Waals surface area contributed by atoms with E-state index in [1.807, 2.05) is 64.4 Å². The molecule has 4 rings (SSSR count). The van der Waals surface area contributed by atoms with Crippen molar-refractivity contribution in [1.82, 2.24) is 9.80 Å². The van der Waals surface area contributed by atoms with Gasteiger partial charge in [0.15, 0.2) is 5.41 Å². The van der Waals surface area contributed by atoms with Gasteiger partial charge in [0.05, 0.1) is 0 Å². The zero-order chi connectivity index (χ0) is 19.4. The molecule has 1 aromatic carbocycles. The number of likely N-dealkylation sites (tertiary alicyclic amines) is 2. The fourth-order valence-electron chi connectivity index (χ4n) is 4.89. The van der Waals surface area contributed by atoms with Crippen molar-refractivity contribution in [3.8, 4) is 0 Å². The molecule has 0 radical (unpaired) electrons. The molecule has 2 fully saturated rings. The summed E-state index contributed by atoms with van der Waals surface area (Å²) in [5.41, 5.74) is -0.135. The summed E-state index contributed by atoms with van der Waals surface area (Å²) in [4.78, 5) is 31.7. The van der Waals surface area contributed by atoms with Crippen LogP contribution in [-0.4, -0.2) is 47.8 Å². The van der Waals surface area contributed by atoms with E-state index in [4.69, 9.17) is 0 Å². The van der Waals surface area contributed by atoms with E-state index in [2.05, 4.69) is 0 Å². The van der Waals surface area contributed by atoms with Gasteiger partial charge in [-0.1, -0.05) is 54.6 Å². The Kier molecular flexibility index (Phi) is 5.65. The predicted molar refractivity (Wildman–Crippen MR) is 111 cm³/mol. The lowest BCUT2D eigenvalue weighted by atomic mass is 9.67. The van der Waals surface area contributed by atoms with Crippen LogP contribution in [0.3, 0.4) is 0 Å². The van der Waals surface area contributed by atoms with E-state index in [0.29, 0.717) is 0 Å². The summed E-state index contributed by atoms with van der Waals surface area (Å²) < 4.78 is 0. The molecule has 0 saturated carbocycles. The van der Waals surface area contributed by atoms with Crippen molar-refractivity contribution in [3.63, 3.8) is 0 Å². The number of allylic oxidation sites excluding steroid dienone is 3. The lowest BCUT2D eigenvalue weighted by Crippen LogP contribution is -2.57. The molecule has 2 amide bonds. The minimum Gasteiger partial charge on any atom is -0.341 e. The van der Waals surface area contributed by atoms with Crippen LogP contribution < -0.4 is 0 Å². The topological polar surface area (TPSA) is 40.6 Å². The standard InChI is InChI=1S/C24H30N2O2/c27-22(25-16-8-2-9-17-25)24(23(28)26-18-10-3-11-19-26)15-7-6-14-21(24)20-12-4-1-5-13-20/h1,4-7,12-15,21H,2-3,8-11,16-19H2. The summed E-state index contributed by atoms with van der Waals surface area (Å²) in [6, 6.07) is 10.0. The fourth-order valence-corrected chi connectivity index (χ4v) is 4.89. The highest BCUT2D eigenvalue weighted by molar-refractivity contribution is 6.09. The van der Waals surface area contributed by atoms with Gasteiger partial charge in [-0.05, 0) is 44.1 Å². The molecule has 3 aliphatic rings. The van der Waals surface area contributed by atoms with Crippen LogP contribution in [0.25, 0.3) is 0 Å². The fraction of sp³-hybridized carbons (Fsp3) is 0.500. The van der Waals surface area contributed by atoms with E-state index in [1.165, 1.54) is 0 Å². The van der Waals surface area contributed by atoms with Gasteiger partial charge in [0.25, 0.3) is 0 Å². The molecule has 1 aliphatic carbocycles. The van der Waals surface area contributed by atoms with Crippen molar-refractivity contribution in [3.05, 3.63) is 60.2 Å². The lowest BCUT2D eigenvalue weighted by Gasteiger charge is -2.44. The van der Waals surface area contributed by atoms with E-state index >= 15 is 0 Å². The molecule has 1 unspecified atom stereocenters. The van der Waals surface area contributed by atoms with Gasteiger partial charge in [-0.2, -0.15) is 0 Å². The first-order valence-electron chi connectivity index (χ1n) is 10.7. The number of piperidine rings is 2. The maximum Gasteiger partial charge on any atom is 0.243 e. The minimum atomic E-state index is -1.16. The molecule has 1 atom stereocenters. The predicted octanol–water partition coefficient (Wildman–Crippen LogP) is 3.91. The SMILES string of the molecule is O=C(N1CCCCC1)C1(C(=O)N2CCCCC2)C=CC=CC1c1ccccc1. The molecular weight excluding hydrogens is 348 g/mol. The van der Waals surface area contributed by atoms with E-state index < -0.39 is 5.41 Å². The third-order valence-corrected chi connectivity index (χ3v) is 6.42. The Morgan fingerprint density at radius 1 is 0.750 bits per heavy atom. The highest BCUT2D eigenvalue weighted by Crippen LogP contribution is 2.45. The third-order valence-electron chi connectivity index (χ3n) is 6.42. The van der Waals surface area contributed by atoms with Gasteiger partial charge in [-0.25, -0.2) is 0 Å². The lowest BCUT2D eigenvalue weighted by molar-refractivity contribution is -0.155. The number of benzene rings is 1. The molecule has 0 N–H and O–H groups in total. The highest BCUT2D eigenvalue weighted by Gasteiger charge is 2.54. The zero-order valence-electron chi connectivity index (χ0n) is 16.6. The van der Waals surface area contributed by atoms with E-state index in [1.54, 1.807) is 0 Å². The number of hydrogen-bond acceptors (Lipinski definition) is 2. The van der Waals surface area contributed by atoms with Gasteiger partial charge in [0.1, 0.15) is 0 Å². The number of carbonyl (C=O) groups excluding carboxylic acids is 2. The second kappa shape index (κ2) is 8.34. The second-order valence-electron chi connectivity index (χ2n) is 8.21. The van der Waals surface area contributed by atoms with E-state index in [9.17, 15) is 9.59 Å². The van der Waals surface area contributed by atoms with Crippen molar-refractivity contribution < 1.29 is 9.59 Å². The number of hydrogen-bond donors (Lipinski definition) is 0. The number of rotatable bonds is 3. The molecule has 148 valence electrons. The maximum absolute atomic E-state index is 13.9. The first kappa shape index (κ1) is 19.0. The van der Waals surface area contributed by atoms with Crippen LogP contribution in [0.1, 0.15) is 50.0 Å². The smallest absolute Gasteiger partial charge is 0.243 e. The van der Waals surface area contributed by atoms with Crippen LogP contribution in [0.15, 0.2) is 54.6 Å². The number of carbonyl (C=O) groups is 2. The van der Waals surface area contributed by atoms with Gasteiger partial charge in [-0.3, -0.25) is 9.59 Å². The summed E-state index contributed by atoms with van der Waals surface area (Å²) in [6.45, 7) is 3.03. The normalized spacial score (nSPS) is 24.2. The Morgan fingerprint density at radius 3 is 1.82 bits per heavy atom. The Labute approximate surface area is 167 Å². The second-order valence-corrected chi connectivity index (χ2v) is 8.21. The first-order chi connectivity index (χ1) is 13.7.